The zero-order valence-corrected chi connectivity index (χ0v) is 16.0. The molecular weight excluding hydrogens is 390 g/mol. The molecule has 0 fully saturated rings. The van der Waals surface area contributed by atoms with Crippen LogP contribution in [0.5, 0.6) is 0 Å². The first-order chi connectivity index (χ1) is 12.4. The molecule has 3 aromatic rings. The highest BCUT2D eigenvalue weighted by Gasteiger charge is 2.17. The van der Waals surface area contributed by atoms with Gasteiger partial charge < -0.3 is 16.0 Å². The monoisotopic (exact) mass is 403 g/mol. The average molecular weight is 404 g/mol. The summed E-state index contributed by atoms with van der Waals surface area (Å²) < 4.78 is 0.966. The number of carbonyl (C=O) groups excluding carboxylic acids is 2. The minimum atomic E-state index is -0.259. The molecule has 132 valence electrons. The lowest BCUT2D eigenvalue weighted by Gasteiger charge is -2.09. The van der Waals surface area contributed by atoms with Crippen molar-refractivity contribution in [3.8, 4) is 0 Å². The number of hydrogen-bond donors (Lipinski definition) is 3. The van der Waals surface area contributed by atoms with Crippen LogP contribution in [0.25, 0.3) is 10.1 Å². The Balaban J connectivity index is 1.70. The van der Waals surface area contributed by atoms with E-state index in [1.54, 1.807) is 24.3 Å². The van der Waals surface area contributed by atoms with Gasteiger partial charge >= 0.3 is 0 Å². The molecule has 5 nitrogen and oxygen atoms in total. The maximum Gasteiger partial charge on any atom is 0.267 e. The highest BCUT2D eigenvalue weighted by atomic mass is 35.5. The second-order valence-corrected chi connectivity index (χ2v) is 7.25. The summed E-state index contributed by atoms with van der Waals surface area (Å²) in [7, 11) is 0. The molecule has 0 spiro atoms. The first kappa shape index (κ1) is 18.3. The molecule has 0 aliphatic rings. The summed E-state index contributed by atoms with van der Waals surface area (Å²) in [6.45, 7) is 1.38. The zero-order valence-electron chi connectivity index (χ0n) is 13.6. The van der Waals surface area contributed by atoms with Crippen molar-refractivity contribution < 1.29 is 9.59 Å². The third-order valence-corrected chi connectivity index (χ3v) is 5.31. The van der Waals surface area contributed by atoms with Crippen molar-refractivity contribution in [1.82, 2.24) is 5.32 Å². The molecule has 0 saturated heterocycles. The lowest BCUT2D eigenvalue weighted by Crippen LogP contribution is -2.32. The van der Waals surface area contributed by atoms with Gasteiger partial charge in [0.2, 0.25) is 5.91 Å². The van der Waals surface area contributed by atoms with Crippen molar-refractivity contribution in [2.75, 3.05) is 10.6 Å². The molecule has 0 bridgehead atoms. The first-order valence-electron chi connectivity index (χ1n) is 7.61. The molecule has 0 saturated carbocycles. The van der Waals surface area contributed by atoms with Crippen LogP contribution in [0, 0.1) is 0 Å². The van der Waals surface area contributed by atoms with E-state index < -0.39 is 0 Å². The number of hydrogen-bond acceptors (Lipinski definition) is 4. The van der Waals surface area contributed by atoms with Crippen molar-refractivity contribution in [3.05, 3.63) is 58.4 Å². The number of amides is 2. The van der Waals surface area contributed by atoms with Gasteiger partial charge in [-0.15, -0.1) is 11.3 Å². The van der Waals surface area contributed by atoms with Crippen LogP contribution in [-0.2, 0) is 4.79 Å². The van der Waals surface area contributed by atoms with Crippen LogP contribution in [0.3, 0.4) is 0 Å². The number of nitrogens with one attached hydrogen (secondary N) is 3. The molecule has 3 rings (SSSR count). The number of thiocarbonyl (C=S) groups is 1. The van der Waals surface area contributed by atoms with Gasteiger partial charge in [0.05, 0.1) is 5.02 Å². The van der Waals surface area contributed by atoms with Crippen LogP contribution in [0.15, 0.2) is 48.5 Å². The molecule has 1 heterocycles. The Labute approximate surface area is 164 Å². The van der Waals surface area contributed by atoms with E-state index in [0.29, 0.717) is 21.3 Å². The van der Waals surface area contributed by atoms with E-state index in [1.807, 2.05) is 24.3 Å². The molecule has 2 amide bonds. The predicted octanol–water partition coefficient (Wildman–Crippen LogP) is 4.64. The summed E-state index contributed by atoms with van der Waals surface area (Å²) in [6, 6.07) is 14.6. The largest absolute Gasteiger partial charge is 0.332 e. The van der Waals surface area contributed by atoms with Crippen molar-refractivity contribution in [1.29, 1.82) is 0 Å². The number of benzene rings is 2. The van der Waals surface area contributed by atoms with Crippen molar-refractivity contribution in [2.45, 2.75) is 6.92 Å². The van der Waals surface area contributed by atoms with Gasteiger partial charge in [-0.3, -0.25) is 9.59 Å². The molecule has 0 atom stereocenters. The molecule has 2 aromatic carbocycles. The fraction of sp³-hybridized carbons (Fsp3) is 0.0556. The second-order valence-electron chi connectivity index (χ2n) is 5.41. The maximum atomic E-state index is 12.5. The number of rotatable bonds is 3. The standard InChI is InChI=1S/C18H14ClN3O2S2/c1-10(23)20-18(25)22-12-8-6-11(7-9-12)21-17(24)16-15(19)13-4-2-3-5-14(13)26-16/h2-9H,1H3,(H,21,24)(H2,20,22,23,25). The van der Waals surface area contributed by atoms with E-state index in [1.165, 1.54) is 18.3 Å². The molecule has 26 heavy (non-hydrogen) atoms. The highest BCUT2D eigenvalue weighted by molar-refractivity contribution is 7.80. The quantitative estimate of drug-likeness (QED) is 0.557. The van der Waals surface area contributed by atoms with E-state index in [0.717, 1.165) is 10.1 Å². The van der Waals surface area contributed by atoms with Gasteiger partial charge in [-0.1, -0.05) is 29.8 Å². The molecule has 0 aliphatic heterocycles. The smallest absolute Gasteiger partial charge is 0.267 e. The van der Waals surface area contributed by atoms with Crippen LogP contribution in [0.1, 0.15) is 16.6 Å². The van der Waals surface area contributed by atoms with Crippen molar-refractivity contribution >= 4 is 73.5 Å². The maximum absolute atomic E-state index is 12.5. The number of fused-ring (bicyclic) bond motifs is 1. The topological polar surface area (TPSA) is 70.2 Å². The fourth-order valence-corrected chi connectivity index (χ4v) is 3.98. The lowest BCUT2D eigenvalue weighted by atomic mass is 10.2. The zero-order chi connectivity index (χ0) is 18.7. The number of anilines is 2. The van der Waals surface area contributed by atoms with Gasteiger partial charge in [0, 0.05) is 28.4 Å². The molecule has 0 radical (unpaired) electrons. The summed E-state index contributed by atoms with van der Waals surface area (Å²) >= 11 is 12.7. The van der Waals surface area contributed by atoms with Gasteiger partial charge in [0.1, 0.15) is 4.88 Å². The fourth-order valence-electron chi connectivity index (χ4n) is 2.31. The SMILES string of the molecule is CC(=O)NC(=S)Nc1ccc(NC(=O)c2sc3ccccc3c2Cl)cc1. The van der Waals surface area contributed by atoms with Crippen molar-refractivity contribution in [2.24, 2.45) is 0 Å². The molecule has 1 aromatic heterocycles. The first-order valence-corrected chi connectivity index (χ1v) is 9.21. The Bertz CT molecular complexity index is 999. The van der Waals surface area contributed by atoms with E-state index in [2.05, 4.69) is 16.0 Å². The van der Waals surface area contributed by atoms with Crippen LogP contribution >= 0.6 is 35.2 Å². The number of halogens is 1. The Kier molecular flexibility index (Phi) is 5.51. The van der Waals surface area contributed by atoms with Gasteiger partial charge in [-0.2, -0.15) is 0 Å². The third kappa shape index (κ3) is 4.19. The Morgan fingerprint density at radius 2 is 1.62 bits per heavy atom. The lowest BCUT2D eigenvalue weighted by molar-refractivity contribution is -0.117. The van der Waals surface area contributed by atoms with Crippen LogP contribution in [-0.4, -0.2) is 16.9 Å². The summed E-state index contributed by atoms with van der Waals surface area (Å²) in [5.74, 6) is -0.503. The van der Waals surface area contributed by atoms with Crippen molar-refractivity contribution in [3.63, 3.8) is 0 Å². The normalized spacial score (nSPS) is 10.4. The minimum Gasteiger partial charge on any atom is -0.332 e. The van der Waals surface area contributed by atoms with Crippen LogP contribution < -0.4 is 16.0 Å². The van der Waals surface area contributed by atoms with Gasteiger partial charge in [0.15, 0.2) is 5.11 Å². The minimum absolute atomic E-state index is 0.214. The van der Waals surface area contributed by atoms with Crippen LogP contribution in [0.2, 0.25) is 5.02 Å². The molecule has 8 heteroatoms. The summed E-state index contributed by atoms with van der Waals surface area (Å²) in [5.41, 5.74) is 1.32. The van der Waals surface area contributed by atoms with E-state index >= 15 is 0 Å². The molecule has 0 aliphatic carbocycles. The van der Waals surface area contributed by atoms with E-state index in [4.69, 9.17) is 23.8 Å². The third-order valence-electron chi connectivity index (χ3n) is 3.43. The van der Waals surface area contributed by atoms with Gasteiger partial charge in [-0.05, 0) is 42.5 Å². The molecule has 3 N–H and O–H groups in total. The van der Waals surface area contributed by atoms with Gasteiger partial charge in [-0.25, -0.2) is 0 Å². The van der Waals surface area contributed by atoms with E-state index in [9.17, 15) is 9.59 Å². The molecule has 0 unspecified atom stereocenters. The predicted molar refractivity (Wildman–Crippen MR) is 111 cm³/mol. The Morgan fingerprint density at radius 3 is 2.23 bits per heavy atom. The Morgan fingerprint density at radius 1 is 1.00 bits per heavy atom. The highest BCUT2D eigenvalue weighted by Crippen LogP contribution is 2.35. The summed E-state index contributed by atoms with van der Waals surface area (Å²) in [6.07, 6.45) is 0. The average Bonchev–Trinajstić information content (AvgIpc) is 2.93. The molecular formula is C18H14ClN3O2S2. The Hall–Kier alpha value is -2.48. The number of thiophene rings is 1. The summed E-state index contributed by atoms with van der Waals surface area (Å²) in [5, 5.41) is 9.73. The summed E-state index contributed by atoms with van der Waals surface area (Å²) in [4.78, 5) is 23.9. The van der Waals surface area contributed by atoms with Crippen LogP contribution in [0.4, 0.5) is 11.4 Å². The van der Waals surface area contributed by atoms with Gasteiger partial charge in [0.25, 0.3) is 5.91 Å². The number of carbonyl (C=O) groups is 2. The second kappa shape index (κ2) is 7.82. The van der Waals surface area contributed by atoms with E-state index in [-0.39, 0.29) is 16.9 Å².